The zero-order chi connectivity index (χ0) is 11.8. The van der Waals surface area contributed by atoms with Crippen LogP contribution in [0.15, 0.2) is 5.51 Å². The van der Waals surface area contributed by atoms with Gasteiger partial charge in [-0.05, 0) is 14.0 Å². The number of nitrogens with zero attached hydrogens (tertiary/aromatic N) is 1. The van der Waals surface area contributed by atoms with Gasteiger partial charge < -0.3 is 14.8 Å². The van der Waals surface area contributed by atoms with E-state index < -0.39 is 0 Å². The number of nitrogens with one attached hydrogen (secondary N) is 1. The highest BCUT2D eigenvalue weighted by molar-refractivity contribution is 7.09. The molecule has 0 bridgehead atoms. The molecule has 0 aromatic carbocycles. The Hall–Kier alpha value is -0.490. The van der Waals surface area contributed by atoms with Crippen LogP contribution >= 0.6 is 11.3 Å². The van der Waals surface area contributed by atoms with E-state index in [0.717, 1.165) is 25.3 Å². The SMILES string of the molecule is CNCC(COC)OCCc1scnc1C. The third-order valence-electron chi connectivity index (χ3n) is 2.31. The highest BCUT2D eigenvalue weighted by atomic mass is 32.1. The molecule has 1 atom stereocenters. The Labute approximate surface area is 101 Å². The predicted molar refractivity (Wildman–Crippen MR) is 66.1 cm³/mol. The number of likely N-dealkylation sites (N-methyl/N-ethyl adjacent to an activating group) is 1. The zero-order valence-electron chi connectivity index (χ0n) is 10.2. The number of aromatic nitrogens is 1. The van der Waals surface area contributed by atoms with Crippen LogP contribution in [0.25, 0.3) is 0 Å². The van der Waals surface area contributed by atoms with E-state index in [0.29, 0.717) is 6.61 Å². The van der Waals surface area contributed by atoms with Crippen molar-refractivity contribution in [1.82, 2.24) is 10.3 Å². The topological polar surface area (TPSA) is 43.4 Å². The van der Waals surface area contributed by atoms with Gasteiger partial charge in [-0.25, -0.2) is 4.98 Å². The van der Waals surface area contributed by atoms with E-state index in [1.165, 1.54) is 4.88 Å². The Morgan fingerprint density at radius 1 is 1.56 bits per heavy atom. The normalized spacial score (nSPS) is 12.9. The number of thiazole rings is 1. The molecule has 0 aliphatic heterocycles. The van der Waals surface area contributed by atoms with E-state index in [4.69, 9.17) is 9.47 Å². The number of ether oxygens (including phenoxy) is 2. The van der Waals surface area contributed by atoms with Crippen LogP contribution < -0.4 is 5.32 Å². The van der Waals surface area contributed by atoms with Crippen LogP contribution in [0.5, 0.6) is 0 Å². The standard InChI is InChI=1S/C11H20N2O2S/c1-9-11(16-8-13-9)4-5-15-10(6-12-2)7-14-3/h8,10,12H,4-7H2,1-3H3. The molecule has 0 saturated heterocycles. The minimum absolute atomic E-state index is 0.128. The van der Waals surface area contributed by atoms with Crippen molar-refractivity contribution in [2.24, 2.45) is 0 Å². The number of methoxy groups -OCH3 is 1. The molecule has 1 aromatic heterocycles. The van der Waals surface area contributed by atoms with Gasteiger partial charge in [0.25, 0.3) is 0 Å². The Balaban J connectivity index is 2.24. The fourth-order valence-electron chi connectivity index (χ4n) is 1.46. The first-order valence-electron chi connectivity index (χ1n) is 5.42. The second-order valence-electron chi connectivity index (χ2n) is 3.62. The average molecular weight is 244 g/mol. The molecule has 1 aromatic rings. The minimum Gasteiger partial charge on any atom is -0.382 e. The highest BCUT2D eigenvalue weighted by Gasteiger charge is 2.08. The Kier molecular flexibility index (Phi) is 6.56. The maximum atomic E-state index is 5.74. The molecule has 0 aliphatic rings. The van der Waals surface area contributed by atoms with Crippen LogP contribution in [0.2, 0.25) is 0 Å². The largest absolute Gasteiger partial charge is 0.382 e. The Bertz CT molecular complexity index is 285. The number of hydrogen-bond acceptors (Lipinski definition) is 5. The maximum Gasteiger partial charge on any atom is 0.0932 e. The van der Waals surface area contributed by atoms with Gasteiger partial charge in [0.2, 0.25) is 0 Å². The van der Waals surface area contributed by atoms with E-state index in [1.807, 2.05) is 19.5 Å². The van der Waals surface area contributed by atoms with E-state index in [-0.39, 0.29) is 6.10 Å². The molecule has 0 spiro atoms. The molecule has 4 nitrogen and oxygen atoms in total. The molecule has 1 rings (SSSR count). The third kappa shape index (κ3) is 4.57. The summed E-state index contributed by atoms with van der Waals surface area (Å²) in [6.45, 7) is 4.20. The van der Waals surface area contributed by atoms with Crippen LogP contribution in [-0.4, -0.2) is 45.0 Å². The number of aryl methyl sites for hydroxylation is 1. The molecule has 92 valence electrons. The minimum atomic E-state index is 0.128. The molecule has 0 amide bonds. The Morgan fingerprint density at radius 3 is 2.94 bits per heavy atom. The zero-order valence-corrected chi connectivity index (χ0v) is 11.0. The van der Waals surface area contributed by atoms with Crippen molar-refractivity contribution < 1.29 is 9.47 Å². The van der Waals surface area contributed by atoms with Gasteiger partial charge in [-0.3, -0.25) is 0 Å². The van der Waals surface area contributed by atoms with E-state index in [1.54, 1.807) is 18.4 Å². The van der Waals surface area contributed by atoms with Gasteiger partial charge >= 0.3 is 0 Å². The maximum absolute atomic E-state index is 5.74. The van der Waals surface area contributed by atoms with E-state index in [2.05, 4.69) is 10.3 Å². The van der Waals surface area contributed by atoms with E-state index >= 15 is 0 Å². The van der Waals surface area contributed by atoms with Crippen LogP contribution in [0.4, 0.5) is 0 Å². The molecular weight excluding hydrogens is 224 g/mol. The lowest BCUT2D eigenvalue weighted by atomic mass is 10.3. The lowest BCUT2D eigenvalue weighted by Crippen LogP contribution is -2.31. The average Bonchev–Trinajstić information content (AvgIpc) is 2.65. The summed E-state index contributed by atoms with van der Waals surface area (Å²) >= 11 is 1.69. The van der Waals surface area contributed by atoms with Crippen molar-refractivity contribution in [3.8, 4) is 0 Å². The molecule has 0 radical (unpaired) electrons. The lowest BCUT2D eigenvalue weighted by molar-refractivity contribution is 0.00151. The smallest absolute Gasteiger partial charge is 0.0932 e. The first-order valence-corrected chi connectivity index (χ1v) is 6.30. The van der Waals surface area contributed by atoms with Gasteiger partial charge in [0.1, 0.15) is 0 Å². The predicted octanol–water partition coefficient (Wildman–Crippen LogP) is 1.25. The summed E-state index contributed by atoms with van der Waals surface area (Å²) in [6.07, 6.45) is 1.06. The van der Waals surface area contributed by atoms with Gasteiger partial charge in [-0.15, -0.1) is 11.3 Å². The van der Waals surface area contributed by atoms with Gasteiger partial charge in [-0.1, -0.05) is 0 Å². The second-order valence-corrected chi connectivity index (χ2v) is 4.56. The summed E-state index contributed by atoms with van der Waals surface area (Å²) in [7, 11) is 3.61. The molecule has 0 aliphatic carbocycles. The van der Waals surface area contributed by atoms with Crippen molar-refractivity contribution in [3.63, 3.8) is 0 Å². The second kappa shape index (κ2) is 7.73. The van der Waals surface area contributed by atoms with Crippen molar-refractivity contribution >= 4 is 11.3 Å². The van der Waals surface area contributed by atoms with Gasteiger partial charge in [0.05, 0.1) is 30.5 Å². The molecule has 1 N–H and O–H groups in total. The fourth-order valence-corrected chi connectivity index (χ4v) is 2.23. The van der Waals surface area contributed by atoms with E-state index in [9.17, 15) is 0 Å². The van der Waals surface area contributed by atoms with Crippen LogP contribution in [-0.2, 0) is 15.9 Å². The van der Waals surface area contributed by atoms with Crippen molar-refractivity contribution in [1.29, 1.82) is 0 Å². The quantitative estimate of drug-likeness (QED) is 0.747. The molecular formula is C11H20N2O2S. The number of hydrogen-bond donors (Lipinski definition) is 1. The van der Waals surface area contributed by atoms with Crippen LogP contribution in [0.1, 0.15) is 10.6 Å². The van der Waals surface area contributed by atoms with Crippen LogP contribution in [0.3, 0.4) is 0 Å². The summed E-state index contributed by atoms with van der Waals surface area (Å²) in [5.74, 6) is 0. The summed E-state index contributed by atoms with van der Waals surface area (Å²) < 4.78 is 10.8. The first-order chi connectivity index (χ1) is 7.77. The van der Waals surface area contributed by atoms with Crippen molar-refractivity contribution in [2.75, 3.05) is 33.9 Å². The van der Waals surface area contributed by atoms with Crippen molar-refractivity contribution in [3.05, 3.63) is 16.1 Å². The third-order valence-corrected chi connectivity index (χ3v) is 3.31. The molecule has 1 unspecified atom stereocenters. The summed E-state index contributed by atoms with van der Waals surface area (Å²) in [5.41, 5.74) is 3.00. The van der Waals surface area contributed by atoms with Crippen LogP contribution in [0, 0.1) is 6.92 Å². The van der Waals surface area contributed by atoms with Gasteiger partial charge in [0.15, 0.2) is 0 Å². The van der Waals surface area contributed by atoms with Crippen molar-refractivity contribution in [2.45, 2.75) is 19.4 Å². The molecule has 16 heavy (non-hydrogen) atoms. The summed E-state index contributed by atoms with van der Waals surface area (Å²) in [6, 6.07) is 0. The number of rotatable bonds is 8. The summed E-state index contributed by atoms with van der Waals surface area (Å²) in [5, 5.41) is 3.09. The molecule has 0 fully saturated rings. The van der Waals surface area contributed by atoms with Gasteiger partial charge in [0, 0.05) is 25.0 Å². The monoisotopic (exact) mass is 244 g/mol. The highest BCUT2D eigenvalue weighted by Crippen LogP contribution is 2.12. The first kappa shape index (κ1) is 13.6. The van der Waals surface area contributed by atoms with Gasteiger partial charge in [-0.2, -0.15) is 0 Å². The molecule has 1 heterocycles. The molecule has 0 saturated carbocycles. The Morgan fingerprint density at radius 2 is 2.38 bits per heavy atom. The fraction of sp³-hybridized carbons (Fsp3) is 0.727. The summed E-state index contributed by atoms with van der Waals surface area (Å²) in [4.78, 5) is 5.52. The lowest BCUT2D eigenvalue weighted by Gasteiger charge is -2.16. The molecule has 5 heteroatoms.